The first kappa shape index (κ1) is 25.0. The Morgan fingerprint density at radius 1 is 1.09 bits per heavy atom. The van der Waals surface area contributed by atoms with Gasteiger partial charge >= 0.3 is 0 Å². The molecule has 0 heterocycles. The monoisotopic (exact) mass is 462 g/mol. The lowest BCUT2D eigenvalue weighted by molar-refractivity contribution is -0.124. The van der Waals surface area contributed by atoms with Gasteiger partial charge in [0.05, 0.1) is 18.5 Å². The molecule has 1 atom stereocenters. The number of hydrogen-bond donors (Lipinski definition) is 3. The van der Waals surface area contributed by atoms with Crippen LogP contribution < -0.4 is 25.0 Å². The standard InChI is InChI=1S/C22H30N4O5S/c1-6-26(7-2)19-13-12-17(24-22(28)15(3)23-16(4)27)14-21(19)32(29,30)25-18-10-8-9-11-20(18)31-5/h8-15,25H,6-7H2,1-5H3,(H,23,27)(H,24,28)/t15-/m0/s1. The highest BCUT2D eigenvalue weighted by Gasteiger charge is 2.24. The third kappa shape index (κ3) is 6.13. The molecule has 0 aliphatic heterocycles. The van der Waals surface area contributed by atoms with Crippen molar-refractivity contribution < 1.29 is 22.7 Å². The second-order valence-corrected chi connectivity index (χ2v) is 8.72. The average molecular weight is 463 g/mol. The second kappa shape index (κ2) is 10.9. The van der Waals surface area contributed by atoms with Crippen molar-refractivity contribution in [2.75, 3.05) is 35.1 Å². The zero-order valence-corrected chi connectivity index (χ0v) is 19.7. The minimum absolute atomic E-state index is 0.0112. The summed E-state index contributed by atoms with van der Waals surface area (Å²) in [7, 11) is -2.57. The van der Waals surface area contributed by atoms with Crippen molar-refractivity contribution in [1.82, 2.24) is 5.32 Å². The molecule has 2 amide bonds. The molecule has 0 fully saturated rings. The minimum Gasteiger partial charge on any atom is -0.495 e. The van der Waals surface area contributed by atoms with Gasteiger partial charge in [-0.05, 0) is 51.1 Å². The van der Waals surface area contributed by atoms with Crippen molar-refractivity contribution in [3.8, 4) is 5.75 Å². The molecule has 2 aromatic rings. The first-order valence-corrected chi connectivity index (χ1v) is 11.7. The number of rotatable bonds is 10. The summed E-state index contributed by atoms with van der Waals surface area (Å²) in [5.74, 6) is -0.417. The van der Waals surface area contributed by atoms with E-state index in [1.807, 2.05) is 18.7 Å². The van der Waals surface area contributed by atoms with E-state index in [1.54, 1.807) is 43.3 Å². The maximum Gasteiger partial charge on any atom is 0.264 e. The van der Waals surface area contributed by atoms with E-state index in [0.29, 0.717) is 35.9 Å². The van der Waals surface area contributed by atoms with E-state index in [1.165, 1.54) is 20.1 Å². The van der Waals surface area contributed by atoms with Gasteiger partial charge in [-0.2, -0.15) is 0 Å². The van der Waals surface area contributed by atoms with E-state index in [0.717, 1.165) is 0 Å². The Bertz CT molecular complexity index is 1070. The molecule has 0 aromatic heterocycles. The maximum absolute atomic E-state index is 13.4. The van der Waals surface area contributed by atoms with Crippen molar-refractivity contribution in [3.63, 3.8) is 0 Å². The number of methoxy groups -OCH3 is 1. The summed E-state index contributed by atoms with van der Waals surface area (Å²) in [4.78, 5) is 25.5. The number of anilines is 3. The van der Waals surface area contributed by atoms with E-state index in [-0.39, 0.29) is 10.8 Å². The van der Waals surface area contributed by atoms with E-state index < -0.39 is 22.0 Å². The van der Waals surface area contributed by atoms with Crippen LogP contribution in [0.3, 0.4) is 0 Å². The van der Waals surface area contributed by atoms with E-state index in [4.69, 9.17) is 4.74 Å². The van der Waals surface area contributed by atoms with Crippen LogP contribution in [0, 0.1) is 0 Å². The van der Waals surface area contributed by atoms with E-state index in [2.05, 4.69) is 15.4 Å². The molecule has 0 saturated carbocycles. The first-order valence-electron chi connectivity index (χ1n) is 10.3. The zero-order chi connectivity index (χ0) is 23.9. The number of benzene rings is 2. The molecule has 0 unspecified atom stereocenters. The molecule has 9 nitrogen and oxygen atoms in total. The van der Waals surface area contributed by atoms with Crippen LogP contribution in [0.15, 0.2) is 47.4 Å². The summed E-state index contributed by atoms with van der Waals surface area (Å²) in [5.41, 5.74) is 1.10. The Labute approximate surface area is 189 Å². The maximum atomic E-state index is 13.4. The van der Waals surface area contributed by atoms with Crippen LogP contribution in [-0.4, -0.2) is 46.5 Å². The molecule has 10 heteroatoms. The molecule has 2 rings (SSSR count). The highest BCUT2D eigenvalue weighted by Crippen LogP contribution is 2.32. The number of nitrogens with one attached hydrogen (secondary N) is 3. The largest absolute Gasteiger partial charge is 0.495 e. The van der Waals surface area contributed by atoms with Crippen LogP contribution in [-0.2, 0) is 19.6 Å². The molecule has 2 aromatic carbocycles. The Morgan fingerprint density at radius 2 is 1.75 bits per heavy atom. The lowest BCUT2D eigenvalue weighted by atomic mass is 10.2. The Morgan fingerprint density at radius 3 is 2.34 bits per heavy atom. The molecule has 0 radical (unpaired) electrons. The molecule has 174 valence electrons. The number of amides is 2. The number of carbonyl (C=O) groups excluding carboxylic acids is 2. The van der Waals surface area contributed by atoms with Crippen molar-refractivity contribution in [1.29, 1.82) is 0 Å². The topological polar surface area (TPSA) is 117 Å². The van der Waals surface area contributed by atoms with Crippen LogP contribution in [0.1, 0.15) is 27.7 Å². The predicted octanol–water partition coefficient (Wildman–Crippen LogP) is 2.81. The van der Waals surface area contributed by atoms with Crippen LogP contribution >= 0.6 is 0 Å². The van der Waals surface area contributed by atoms with Crippen molar-refractivity contribution in [2.45, 2.75) is 38.6 Å². The number of para-hydroxylation sites is 2. The van der Waals surface area contributed by atoms with Gasteiger partial charge in [-0.25, -0.2) is 8.42 Å². The third-order valence-electron chi connectivity index (χ3n) is 4.79. The Hall–Kier alpha value is -3.27. The molecule has 0 aliphatic rings. The highest BCUT2D eigenvalue weighted by molar-refractivity contribution is 7.93. The lowest BCUT2D eigenvalue weighted by Crippen LogP contribution is -2.40. The van der Waals surface area contributed by atoms with Crippen molar-refractivity contribution in [3.05, 3.63) is 42.5 Å². The van der Waals surface area contributed by atoms with Gasteiger partial charge < -0.3 is 20.3 Å². The average Bonchev–Trinajstić information content (AvgIpc) is 2.75. The fourth-order valence-electron chi connectivity index (χ4n) is 3.18. The smallest absolute Gasteiger partial charge is 0.264 e. The minimum atomic E-state index is -4.03. The quantitative estimate of drug-likeness (QED) is 0.500. The molecule has 0 spiro atoms. The third-order valence-corrected chi connectivity index (χ3v) is 6.18. The van der Waals surface area contributed by atoms with Gasteiger partial charge in [-0.1, -0.05) is 12.1 Å². The molecule has 0 aliphatic carbocycles. The Kier molecular flexibility index (Phi) is 8.48. The van der Waals surface area contributed by atoms with Crippen molar-refractivity contribution >= 4 is 38.9 Å². The normalized spacial score (nSPS) is 11.9. The summed E-state index contributed by atoms with van der Waals surface area (Å²) in [6.07, 6.45) is 0. The van der Waals surface area contributed by atoms with Crippen LogP contribution in [0.25, 0.3) is 0 Å². The van der Waals surface area contributed by atoms with E-state index in [9.17, 15) is 18.0 Å². The number of carbonyl (C=O) groups is 2. The summed E-state index contributed by atoms with van der Waals surface area (Å²) in [5, 5.41) is 5.16. The number of ether oxygens (including phenoxy) is 1. The number of hydrogen-bond acceptors (Lipinski definition) is 6. The van der Waals surface area contributed by atoms with Crippen LogP contribution in [0.2, 0.25) is 0 Å². The van der Waals surface area contributed by atoms with Gasteiger partial charge in [0.15, 0.2) is 0 Å². The first-order chi connectivity index (χ1) is 15.1. The SMILES string of the molecule is CCN(CC)c1ccc(NC(=O)[C@H](C)NC(C)=O)cc1S(=O)(=O)Nc1ccccc1OC. The summed E-state index contributed by atoms with van der Waals surface area (Å²) in [6.45, 7) is 7.91. The van der Waals surface area contributed by atoms with Gasteiger partial charge in [0.25, 0.3) is 10.0 Å². The van der Waals surface area contributed by atoms with Gasteiger partial charge in [-0.15, -0.1) is 0 Å². The Balaban J connectivity index is 2.48. The zero-order valence-electron chi connectivity index (χ0n) is 18.9. The van der Waals surface area contributed by atoms with E-state index >= 15 is 0 Å². The fraction of sp³-hybridized carbons (Fsp3) is 0.364. The van der Waals surface area contributed by atoms with Gasteiger partial charge in [-0.3, -0.25) is 14.3 Å². The van der Waals surface area contributed by atoms with Gasteiger partial charge in [0.1, 0.15) is 16.7 Å². The van der Waals surface area contributed by atoms with Crippen molar-refractivity contribution in [2.24, 2.45) is 0 Å². The lowest BCUT2D eigenvalue weighted by Gasteiger charge is -2.25. The summed E-state index contributed by atoms with van der Waals surface area (Å²) >= 11 is 0. The molecule has 0 bridgehead atoms. The fourth-order valence-corrected chi connectivity index (χ4v) is 4.51. The number of sulfonamides is 1. The predicted molar refractivity (Wildman–Crippen MR) is 126 cm³/mol. The van der Waals surface area contributed by atoms with Gasteiger partial charge in [0.2, 0.25) is 11.8 Å². The highest BCUT2D eigenvalue weighted by atomic mass is 32.2. The van der Waals surface area contributed by atoms with Crippen LogP contribution in [0.5, 0.6) is 5.75 Å². The molecular weight excluding hydrogens is 432 g/mol. The summed E-state index contributed by atoms with van der Waals surface area (Å²) in [6, 6.07) is 10.6. The van der Waals surface area contributed by atoms with Gasteiger partial charge in [0, 0.05) is 25.7 Å². The molecule has 32 heavy (non-hydrogen) atoms. The molecule has 0 saturated heterocycles. The molecule has 3 N–H and O–H groups in total. The number of nitrogens with zero attached hydrogens (tertiary/aromatic N) is 1. The summed E-state index contributed by atoms with van der Waals surface area (Å²) < 4.78 is 34.6. The molecular formula is C22H30N4O5S. The van der Waals surface area contributed by atoms with Crippen LogP contribution in [0.4, 0.5) is 17.1 Å². The second-order valence-electron chi connectivity index (χ2n) is 7.07.